The summed E-state index contributed by atoms with van der Waals surface area (Å²) in [6, 6.07) is 11.4. The lowest BCUT2D eigenvalue weighted by Crippen LogP contribution is -2.29. The van der Waals surface area contributed by atoms with E-state index in [0.29, 0.717) is 23.4 Å². The van der Waals surface area contributed by atoms with Crippen molar-refractivity contribution < 1.29 is 9.13 Å². The van der Waals surface area contributed by atoms with Gasteiger partial charge in [-0.1, -0.05) is 23.7 Å². The van der Waals surface area contributed by atoms with E-state index >= 15 is 0 Å². The third kappa shape index (κ3) is 4.58. The van der Waals surface area contributed by atoms with E-state index in [0.717, 1.165) is 41.3 Å². The molecule has 2 aliphatic heterocycles. The number of nitrogens with one attached hydrogen (secondary N) is 1. The van der Waals surface area contributed by atoms with E-state index in [2.05, 4.69) is 5.32 Å². The predicted octanol–water partition coefficient (Wildman–Crippen LogP) is 5.50. The average Bonchev–Trinajstić information content (AvgIpc) is 3.09. The molecule has 1 N–H and O–H groups in total. The van der Waals surface area contributed by atoms with E-state index in [1.54, 1.807) is 17.8 Å². The Hall–Kier alpha value is -1.72. The molecule has 2 heterocycles. The molecule has 0 saturated heterocycles. The fourth-order valence-electron chi connectivity index (χ4n) is 3.56. The molecule has 2 aromatic rings. The quantitative estimate of drug-likeness (QED) is 0.714. The molecule has 3 nitrogen and oxygen atoms in total. The van der Waals surface area contributed by atoms with Crippen LogP contribution in [0.3, 0.4) is 0 Å². The van der Waals surface area contributed by atoms with Gasteiger partial charge in [0.1, 0.15) is 23.2 Å². The van der Waals surface area contributed by atoms with Gasteiger partial charge < -0.3 is 10.1 Å². The van der Waals surface area contributed by atoms with E-state index in [4.69, 9.17) is 21.3 Å². The zero-order valence-corrected chi connectivity index (χ0v) is 16.7. The van der Waals surface area contributed by atoms with Gasteiger partial charge in [-0.25, -0.2) is 4.39 Å². The third-order valence-electron chi connectivity index (χ3n) is 4.96. The van der Waals surface area contributed by atoms with Crippen LogP contribution >= 0.6 is 23.4 Å². The second kappa shape index (κ2) is 8.11. The van der Waals surface area contributed by atoms with Crippen LogP contribution in [0.5, 0.6) is 5.75 Å². The fraction of sp³-hybridized carbons (Fsp3) is 0.381. The number of rotatable bonds is 5. The summed E-state index contributed by atoms with van der Waals surface area (Å²) in [4.78, 5) is 4.82. The first-order chi connectivity index (χ1) is 13.1. The number of aryl methyl sites for hydroxylation is 2. The van der Waals surface area contributed by atoms with Crippen molar-refractivity contribution in [3.05, 3.63) is 58.4 Å². The summed E-state index contributed by atoms with van der Waals surface area (Å²) in [5, 5.41) is 5.12. The molecule has 2 unspecified atom stereocenters. The summed E-state index contributed by atoms with van der Waals surface area (Å²) >= 11 is 7.94. The average molecular weight is 405 g/mol. The number of ether oxygens (including phenoxy) is 1. The molecule has 0 spiro atoms. The van der Waals surface area contributed by atoms with Crippen LogP contribution in [0, 0.1) is 12.7 Å². The first kappa shape index (κ1) is 18.6. The number of nitrogens with zero attached hydrogens (tertiary/aromatic N) is 1. The van der Waals surface area contributed by atoms with Crippen molar-refractivity contribution in [2.24, 2.45) is 4.99 Å². The molecular weight excluding hydrogens is 383 g/mol. The van der Waals surface area contributed by atoms with Crippen molar-refractivity contribution in [1.82, 2.24) is 0 Å². The number of benzene rings is 2. The molecule has 0 bridgehead atoms. The maximum absolute atomic E-state index is 13.5. The largest absolute Gasteiger partial charge is 0.485 e. The number of hydrogen-bond donors (Lipinski definition) is 1. The Morgan fingerprint density at radius 3 is 3.07 bits per heavy atom. The van der Waals surface area contributed by atoms with Gasteiger partial charge in [-0.05, 0) is 61.6 Å². The minimum atomic E-state index is -0.189. The Balaban J connectivity index is 1.32. The standard InChI is InChI=1S/C21H22ClFN2OS/c1-13-2-7-18(22)20(8-13)26-11-21-25-17(12-27-21)10-16-6-4-14-3-5-15(23)9-19(14)24-16/h2-3,5,7-9,16-17,24H,4,6,10-12H2,1H3. The second-order valence-corrected chi connectivity index (χ2v) is 8.63. The van der Waals surface area contributed by atoms with E-state index in [9.17, 15) is 4.39 Å². The molecule has 4 rings (SSSR count). The fourth-order valence-corrected chi connectivity index (χ4v) is 4.69. The summed E-state index contributed by atoms with van der Waals surface area (Å²) in [7, 11) is 0. The van der Waals surface area contributed by atoms with Gasteiger partial charge in [-0.15, -0.1) is 11.8 Å². The second-order valence-electron chi connectivity index (χ2n) is 7.13. The molecule has 2 aromatic carbocycles. The first-order valence-corrected chi connectivity index (χ1v) is 10.6. The van der Waals surface area contributed by atoms with Gasteiger partial charge in [0.25, 0.3) is 0 Å². The summed E-state index contributed by atoms with van der Waals surface area (Å²) in [5.41, 5.74) is 3.24. The number of fused-ring (bicyclic) bond motifs is 1. The Kier molecular flexibility index (Phi) is 5.60. The van der Waals surface area contributed by atoms with Crippen molar-refractivity contribution in [2.45, 2.75) is 38.3 Å². The molecule has 0 amide bonds. The van der Waals surface area contributed by atoms with E-state index in [1.807, 2.05) is 31.2 Å². The maximum Gasteiger partial charge on any atom is 0.138 e. The van der Waals surface area contributed by atoms with Crippen molar-refractivity contribution in [1.29, 1.82) is 0 Å². The highest BCUT2D eigenvalue weighted by molar-refractivity contribution is 8.14. The highest BCUT2D eigenvalue weighted by atomic mass is 35.5. The minimum Gasteiger partial charge on any atom is -0.485 e. The van der Waals surface area contributed by atoms with Crippen molar-refractivity contribution in [3.8, 4) is 5.75 Å². The lowest BCUT2D eigenvalue weighted by Gasteiger charge is -2.28. The van der Waals surface area contributed by atoms with Crippen LogP contribution in [0.1, 0.15) is 24.0 Å². The highest BCUT2D eigenvalue weighted by Crippen LogP contribution is 2.31. The van der Waals surface area contributed by atoms with Crippen LogP contribution < -0.4 is 10.1 Å². The van der Waals surface area contributed by atoms with Crippen LogP contribution in [0.15, 0.2) is 41.4 Å². The van der Waals surface area contributed by atoms with Gasteiger partial charge in [0.05, 0.1) is 11.1 Å². The number of anilines is 1. The Morgan fingerprint density at radius 1 is 1.30 bits per heavy atom. The first-order valence-electron chi connectivity index (χ1n) is 9.20. The molecule has 0 fully saturated rings. The van der Waals surface area contributed by atoms with Gasteiger partial charge in [0.2, 0.25) is 0 Å². The summed E-state index contributed by atoms with van der Waals surface area (Å²) in [5.74, 6) is 1.48. The van der Waals surface area contributed by atoms with Crippen LogP contribution in [-0.4, -0.2) is 29.5 Å². The van der Waals surface area contributed by atoms with Gasteiger partial charge in [0.15, 0.2) is 0 Å². The van der Waals surface area contributed by atoms with Crippen LogP contribution in [-0.2, 0) is 6.42 Å². The monoisotopic (exact) mass is 404 g/mol. The molecule has 6 heteroatoms. The van der Waals surface area contributed by atoms with Crippen LogP contribution in [0.2, 0.25) is 5.02 Å². The summed E-state index contributed by atoms with van der Waals surface area (Å²) < 4.78 is 19.3. The number of thioether (sulfide) groups is 1. The van der Waals surface area contributed by atoms with Crippen LogP contribution in [0.4, 0.5) is 10.1 Å². The topological polar surface area (TPSA) is 33.6 Å². The summed E-state index contributed by atoms with van der Waals surface area (Å²) in [6.07, 6.45) is 3.00. The molecule has 2 atom stereocenters. The third-order valence-corrected chi connectivity index (χ3v) is 6.38. The summed E-state index contributed by atoms with van der Waals surface area (Å²) in [6.45, 7) is 2.47. The molecule has 2 aliphatic rings. The van der Waals surface area contributed by atoms with Gasteiger partial charge >= 0.3 is 0 Å². The normalized spacial score (nSPS) is 21.4. The van der Waals surface area contributed by atoms with E-state index < -0.39 is 0 Å². The van der Waals surface area contributed by atoms with Gasteiger partial charge in [-0.2, -0.15) is 0 Å². The van der Waals surface area contributed by atoms with Crippen molar-refractivity contribution >= 4 is 34.1 Å². The van der Waals surface area contributed by atoms with Gasteiger partial charge in [-0.3, -0.25) is 4.99 Å². The predicted molar refractivity (Wildman–Crippen MR) is 112 cm³/mol. The molecule has 0 aromatic heterocycles. The number of aliphatic imine (C=N–C) groups is 1. The minimum absolute atomic E-state index is 0.189. The lowest BCUT2D eigenvalue weighted by atomic mass is 9.94. The smallest absolute Gasteiger partial charge is 0.138 e. The van der Waals surface area contributed by atoms with Gasteiger partial charge in [0, 0.05) is 17.5 Å². The Morgan fingerprint density at radius 2 is 2.19 bits per heavy atom. The van der Waals surface area contributed by atoms with Crippen molar-refractivity contribution in [2.75, 3.05) is 17.7 Å². The maximum atomic E-state index is 13.5. The molecule has 0 radical (unpaired) electrons. The molecular formula is C21H22ClFN2OS. The zero-order chi connectivity index (χ0) is 18.8. The SMILES string of the molecule is Cc1ccc(Cl)c(OCC2=NC(CC3CCc4ccc(F)cc4N3)CS2)c1. The van der Waals surface area contributed by atoms with E-state index in [1.165, 1.54) is 11.6 Å². The Labute approximate surface area is 168 Å². The molecule has 0 saturated carbocycles. The zero-order valence-electron chi connectivity index (χ0n) is 15.2. The number of halogens is 2. The lowest BCUT2D eigenvalue weighted by molar-refractivity contribution is 0.378. The molecule has 27 heavy (non-hydrogen) atoms. The highest BCUT2D eigenvalue weighted by Gasteiger charge is 2.25. The van der Waals surface area contributed by atoms with Crippen molar-refractivity contribution in [3.63, 3.8) is 0 Å². The number of hydrogen-bond acceptors (Lipinski definition) is 4. The Bertz CT molecular complexity index is 873. The molecule has 142 valence electrons. The molecule has 0 aliphatic carbocycles. The van der Waals surface area contributed by atoms with Crippen LogP contribution in [0.25, 0.3) is 0 Å². The van der Waals surface area contributed by atoms with E-state index in [-0.39, 0.29) is 11.9 Å².